The van der Waals surface area contributed by atoms with E-state index >= 15 is 0 Å². The molecule has 0 saturated carbocycles. The lowest BCUT2D eigenvalue weighted by molar-refractivity contribution is 0.372. The van der Waals surface area contributed by atoms with Crippen LogP contribution in [0.4, 0.5) is 0 Å². The van der Waals surface area contributed by atoms with E-state index in [0.717, 1.165) is 5.92 Å². The Balaban J connectivity index is 1.81. The lowest BCUT2D eigenvalue weighted by Gasteiger charge is -2.21. The Kier molecular flexibility index (Phi) is 4.79. The smallest absolute Gasteiger partial charge is 0.0931 e. The molecule has 1 aromatic heterocycles. The Morgan fingerprint density at radius 2 is 2.25 bits per heavy atom. The SMILES string of the molecule is CCCCc1csc(CC2CCNCC2)n1. The van der Waals surface area contributed by atoms with Crippen LogP contribution in [0, 0.1) is 5.92 Å². The number of thiazole rings is 1. The molecule has 0 bridgehead atoms. The lowest BCUT2D eigenvalue weighted by atomic mass is 9.95. The lowest BCUT2D eigenvalue weighted by Crippen LogP contribution is -2.28. The summed E-state index contributed by atoms with van der Waals surface area (Å²) in [7, 11) is 0. The second kappa shape index (κ2) is 6.36. The van der Waals surface area contributed by atoms with Gasteiger partial charge in [-0.2, -0.15) is 0 Å². The van der Waals surface area contributed by atoms with Gasteiger partial charge in [0.05, 0.1) is 10.7 Å². The van der Waals surface area contributed by atoms with Crippen LogP contribution >= 0.6 is 11.3 Å². The van der Waals surface area contributed by atoms with Crippen molar-refractivity contribution in [2.75, 3.05) is 13.1 Å². The molecule has 2 heterocycles. The fraction of sp³-hybridized carbons (Fsp3) is 0.769. The average Bonchev–Trinajstić information content (AvgIpc) is 2.75. The average molecular weight is 238 g/mol. The molecule has 0 amide bonds. The number of hydrogen-bond donors (Lipinski definition) is 1. The summed E-state index contributed by atoms with van der Waals surface area (Å²) in [4.78, 5) is 4.74. The van der Waals surface area contributed by atoms with E-state index in [1.165, 1.54) is 62.3 Å². The molecule has 0 radical (unpaired) electrons. The van der Waals surface area contributed by atoms with Crippen molar-refractivity contribution in [1.29, 1.82) is 0 Å². The monoisotopic (exact) mass is 238 g/mol. The quantitative estimate of drug-likeness (QED) is 0.853. The van der Waals surface area contributed by atoms with E-state index in [2.05, 4.69) is 17.6 Å². The third-order valence-electron chi connectivity index (χ3n) is 3.31. The largest absolute Gasteiger partial charge is 0.317 e. The van der Waals surface area contributed by atoms with Crippen LogP contribution in [0.2, 0.25) is 0 Å². The van der Waals surface area contributed by atoms with Gasteiger partial charge < -0.3 is 5.32 Å². The van der Waals surface area contributed by atoms with Crippen LogP contribution in [0.1, 0.15) is 43.3 Å². The van der Waals surface area contributed by atoms with E-state index in [1.807, 2.05) is 11.3 Å². The molecule has 2 nitrogen and oxygen atoms in total. The van der Waals surface area contributed by atoms with E-state index < -0.39 is 0 Å². The second-order valence-corrected chi connectivity index (χ2v) is 5.68. The number of unbranched alkanes of at least 4 members (excludes halogenated alkanes) is 1. The van der Waals surface area contributed by atoms with Crippen molar-refractivity contribution in [2.45, 2.75) is 45.4 Å². The van der Waals surface area contributed by atoms with Crippen LogP contribution in [-0.2, 0) is 12.8 Å². The van der Waals surface area contributed by atoms with E-state index in [1.54, 1.807) is 0 Å². The Bertz CT molecular complexity index is 303. The van der Waals surface area contributed by atoms with Crippen LogP contribution < -0.4 is 5.32 Å². The number of hydrogen-bond acceptors (Lipinski definition) is 3. The molecule has 1 aliphatic rings. The van der Waals surface area contributed by atoms with E-state index in [9.17, 15) is 0 Å². The van der Waals surface area contributed by atoms with Crippen LogP contribution in [0.25, 0.3) is 0 Å². The summed E-state index contributed by atoms with van der Waals surface area (Å²) in [6.07, 6.45) is 7.56. The molecule has 0 spiro atoms. The van der Waals surface area contributed by atoms with Crippen LogP contribution in [0.5, 0.6) is 0 Å². The predicted octanol–water partition coefficient (Wildman–Crippen LogP) is 3.03. The number of aryl methyl sites for hydroxylation is 1. The molecule has 1 saturated heterocycles. The van der Waals surface area contributed by atoms with Crippen molar-refractivity contribution in [3.63, 3.8) is 0 Å². The Hall–Kier alpha value is -0.410. The molecule has 90 valence electrons. The molecule has 3 heteroatoms. The molecule has 1 N–H and O–H groups in total. The van der Waals surface area contributed by atoms with Gasteiger partial charge in [0.15, 0.2) is 0 Å². The van der Waals surface area contributed by atoms with Gasteiger partial charge in [0.1, 0.15) is 0 Å². The third kappa shape index (κ3) is 3.56. The highest BCUT2D eigenvalue weighted by Gasteiger charge is 2.15. The summed E-state index contributed by atoms with van der Waals surface area (Å²) >= 11 is 1.86. The maximum Gasteiger partial charge on any atom is 0.0931 e. The maximum atomic E-state index is 4.74. The molecule has 0 aromatic carbocycles. The molecule has 0 unspecified atom stereocenters. The van der Waals surface area contributed by atoms with Gasteiger partial charge in [0.2, 0.25) is 0 Å². The Morgan fingerprint density at radius 1 is 1.44 bits per heavy atom. The Morgan fingerprint density at radius 3 is 3.00 bits per heavy atom. The number of aromatic nitrogens is 1. The molecular formula is C13H22N2S. The zero-order chi connectivity index (χ0) is 11.2. The highest BCUT2D eigenvalue weighted by Crippen LogP contribution is 2.21. The van der Waals surface area contributed by atoms with Gasteiger partial charge in [-0.1, -0.05) is 13.3 Å². The normalized spacial score (nSPS) is 17.8. The first-order valence-electron chi connectivity index (χ1n) is 6.52. The van der Waals surface area contributed by atoms with Gasteiger partial charge in [0, 0.05) is 11.8 Å². The molecule has 1 aromatic rings. The highest BCUT2D eigenvalue weighted by molar-refractivity contribution is 7.09. The van der Waals surface area contributed by atoms with Crippen LogP contribution in [0.3, 0.4) is 0 Å². The van der Waals surface area contributed by atoms with Crippen molar-refractivity contribution in [3.8, 4) is 0 Å². The highest BCUT2D eigenvalue weighted by atomic mass is 32.1. The maximum absolute atomic E-state index is 4.74. The first kappa shape index (κ1) is 12.1. The molecule has 1 fully saturated rings. The van der Waals surface area contributed by atoms with Crippen molar-refractivity contribution < 1.29 is 0 Å². The van der Waals surface area contributed by atoms with E-state index in [-0.39, 0.29) is 0 Å². The fourth-order valence-corrected chi connectivity index (χ4v) is 3.19. The minimum Gasteiger partial charge on any atom is -0.317 e. The molecule has 16 heavy (non-hydrogen) atoms. The molecule has 2 rings (SSSR count). The van der Waals surface area contributed by atoms with Crippen LogP contribution in [-0.4, -0.2) is 18.1 Å². The van der Waals surface area contributed by atoms with Crippen LogP contribution in [0.15, 0.2) is 5.38 Å². The molecule has 1 aliphatic heterocycles. The van der Waals surface area contributed by atoms with Crippen molar-refractivity contribution in [1.82, 2.24) is 10.3 Å². The summed E-state index contributed by atoms with van der Waals surface area (Å²) in [6, 6.07) is 0. The molecular weight excluding hydrogens is 216 g/mol. The predicted molar refractivity (Wildman–Crippen MR) is 70.0 cm³/mol. The summed E-state index contributed by atoms with van der Waals surface area (Å²) in [5, 5.41) is 7.03. The number of nitrogens with zero attached hydrogens (tertiary/aromatic N) is 1. The first-order valence-corrected chi connectivity index (χ1v) is 7.40. The molecule has 0 aliphatic carbocycles. The van der Waals surface area contributed by atoms with Gasteiger partial charge in [-0.15, -0.1) is 11.3 Å². The van der Waals surface area contributed by atoms with Crippen molar-refractivity contribution in [3.05, 3.63) is 16.1 Å². The summed E-state index contributed by atoms with van der Waals surface area (Å²) in [5.41, 5.74) is 1.32. The fourth-order valence-electron chi connectivity index (χ4n) is 2.25. The zero-order valence-electron chi connectivity index (χ0n) is 10.2. The zero-order valence-corrected chi connectivity index (χ0v) is 11.0. The minimum atomic E-state index is 0.867. The second-order valence-electron chi connectivity index (χ2n) is 4.73. The number of piperidine rings is 1. The van der Waals surface area contributed by atoms with Gasteiger partial charge >= 0.3 is 0 Å². The number of nitrogens with one attached hydrogen (secondary N) is 1. The minimum absolute atomic E-state index is 0.867. The Labute approximate surface area is 102 Å². The third-order valence-corrected chi connectivity index (χ3v) is 4.23. The van der Waals surface area contributed by atoms with Gasteiger partial charge in [-0.3, -0.25) is 0 Å². The summed E-state index contributed by atoms with van der Waals surface area (Å²) < 4.78 is 0. The number of rotatable bonds is 5. The van der Waals surface area contributed by atoms with Gasteiger partial charge in [-0.05, 0) is 44.7 Å². The van der Waals surface area contributed by atoms with Gasteiger partial charge in [0.25, 0.3) is 0 Å². The topological polar surface area (TPSA) is 24.9 Å². The molecule has 0 atom stereocenters. The first-order chi connectivity index (χ1) is 7.88. The van der Waals surface area contributed by atoms with E-state index in [4.69, 9.17) is 4.98 Å². The van der Waals surface area contributed by atoms with Crippen molar-refractivity contribution >= 4 is 11.3 Å². The van der Waals surface area contributed by atoms with E-state index in [0.29, 0.717) is 0 Å². The summed E-state index contributed by atoms with van der Waals surface area (Å²) in [6.45, 7) is 4.62. The van der Waals surface area contributed by atoms with Crippen molar-refractivity contribution in [2.24, 2.45) is 5.92 Å². The standard InChI is InChI=1S/C13H22N2S/c1-2-3-4-12-10-16-13(15-12)9-11-5-7-14-8-6-11/h10-11,14H,2-9H2,1H3. The van der Waals surface area contributed by atoms with Gasteiger partial charge in [-0.25, -0.2) is 4.98 Å². The summed E-state index contributed by atoms with van der Waals surface area (Å²) in [5.74, 6) is 0.867.